The maximum atomic E-state index is 12.9. The van der Waals surface area contributed by atoms with E-state index in [-0.39, 0.29) is 18.3 Å². The van der Waals surface area contributed by atoms with E-state index in [9.17, 15) is 9.50 Å². The van der Waals surface area contributed by atoms with Crippen LogP contribution in [0.25, 0.3) is 0 Å². The molecule has 0 amide bonds. The second-order valence-corrected chi connectivity index (χ2v) is 5.05. The van der Waals surface area contributed by atoms with Crippen molar-refractivity contribution in [3.05, 3.63) is 70.5 Å². The fourth-order valence-electron chi connectivity index (χ4n) is 2.24. The average Bonchev–Trinajstić information content (AvgIpc) is 2.41. The molecule has 0 saturated carbocycles. The lowest BCUT2D eigenvalue weighted by atomic mass is 9.91. The van der Waals surface area contributed by atoms with E-state index in [1.807, 2.05) is 0 Å². The molecule has 100 valence electrons. The van der Waals surface area contributed by atoms with Gasteiger partial charge in [0.1, 0.15) is 5.82 Å². The Morgan fingerprint density at radius 3 is 2.26 bits per heavy atom. The predicted octanol–water partition coefficient (Wildman–Crippen LogP) is 3.76. The van der Waals surface area contributed by atoms with Gasteiger partial charge in [-0.1, -0.05) is 30.3 Å². The first-order valence-electron chi connectivity index (χ1n) is 6.52. The fourth-order valence-corrected chi connectivity index (χ4v) is 2.24. The van der Waals surface area contributed by atoms with Crippen LogP contribution in [-0.4, -0.2) is 11.7 Å². The summed E-state index contributed by atoms with van der Waals surface area (Å²) >= 11 is 0. The molecule has 1 N–H and O–H groups in total. The molecule has 1 nitrogen and oxygen atoms in total. The van der Waals surface area contributed by atoms with Crippen LogP contribution in [0.5, 0.6) is 0 Å². The minimum absolute atomic E-state index is 0.0164. The predicted molar refractivity (Wildman–Crippen MR) is 75.8 cm³/mol. The van der Waals surface area contributed by atoms with Crippen molar-refractivity contribution in [1.82, 2.24) is 0 Å². The number of halogens is 1. The van der Waals surface area contributed by atoms with Gasteiger partial charge in [-0.25, -0.2) is 4.39 Å². The zero-order valence-corrected chi connectivity index (χ0v) is 11.4. The van der Waals surface area contributed by atoms with Crippen LogP contribution in [0.1, 0.15) is 28.2 Å². The van der Waals surface area contributed by atoms with E-state index < -0.39 is 0 Å². The fraction of sp³-hybridized carbons (Fsp3) is 0.294. The molecule has 2 rings (SSSR count). The Morgan fingerprint density at radius 1 is 1.00 bits per heavy atom. The highest BCUT2D eigenvalue weighted by atomic mass is 19.1. The smallest absolute Gasteiger partial charge is 0.123 e. The summed E-state index contributed by atoms with van der Waals surface area (Å²) < 4.78 is 12.9. The number of hydrogen-bond donors (Lipinski definition) is 1. The molecule has 0 saturated heterocycles. The zero-order chi connectivity index (χ0) is 13.8. The van der Waals surface area contributed by atoms with Gasteiger partial charge in [0.15, 0.2) is 0 Å². The van der Waals surface area contributed by atoms with Gasteiger partial charge in [-0.05, 0) is 54.7 Å². The number of rotatable bonds is 4. The first-order valence-corrected chi connectivity index (χ1v) is 6.52. The summed E-state index contributed by atoms with van der Waals surface area (Å²) in [4.78, 5) is 0. The standard InChI is InChI=1S/C17H19FO/c1-12-3-4-14(9-13(12)2)10-16(11-19)15-5-7-17(18)8-6-15/h3-9,16,19H,10-11H2,1-2H3. The number of benzene rings is 2. The van der Waals surface area contributed by atoms with E-state index in [2.05, 4.69) is 32.0 Å². The summed E-state index contributed by atoms with van der Waals surface area (Å²) in [7, 11) is 0. The SMILES string of the molecule is Cc1ccc(CC(CO)c2ccc(F)cc2)cc1C. The van der Waals surface area contributed by atoms with Crippen molar-refractivity contribution in [1.29, 1.82) is 0 Å². The van der Waals surface area contributed by atoms with E-state index in [4.69, 9.17) is 0 Å². The van der Waals surface area contributed by atoms with Crippen molar-refractivity contribution in [2.75, 3.05) is 6.61 Å². The minimum Gasteiger partial charge on any atom is -0.396 e. The van der Waals surface area contributed by atoms with Crippen molar-refractivity contribution in [3.63, 3.8) is 0 Å². The van der Waals surface area contributed by atoms with Crippen LogP contribution in [0.4, 0.5) is 4.39 Å². The van der Waals surface area contributed by atoms with Gasteiger partial charge in [0.25, 0.3) is 0 Å². The molecular weight excluding hydrogens is 239 g/mol. The molecule has 2 aromatic carbocycles. The molecular formula is C17H19FO. The molecule has 2 aromatic rings. The Bertz CT molecular complexity index is 546. The van der Waals surface area contributed by atoms with Crippen molar-refractivity contribution >= 4 is 0 Å². The monoisotopic (exact) mass is 258 g/mol. The number of aryl methyl sites for hydroxylation is 2. The third kappa shape index (κ3) is 3.42. The van der Waals surface area contributed by atoms with Crippen molar-refractivity contribution in [3.8, 4) is 0 Å². The van der Waals surface area contributed by atoms with E-state index in [1.165, 1.54) is 28.8 Å². The van der Waals surface area contributed by atoms with Crippen LogP contribution in [0.2, 0.25) is 0 Å². The molecule has 1 unspecified atom stereocenters. The Labute approximate surface area is 113 Å². The first kappa shape index (κ1) is 13.8. The summed E-state index contributed by atoms with van der Waals surface area (Å²) in [5, 5.41) is 9.54. The second kappa shape index (κ2) is 5.98. The average molecular weight is 258 g/mol. The Kier molecular flexibility index (Phi) is 4.33. The van der Waals surface area contributed by atoms with E-state index in [1.54, 1.807) is 12.1 Å². The lowest BCUT2D eigenvalue weighted by molar-refractivity contribution is 0.264. The minimum atomic E-state index is -0.244. The molecule has 0 bridgehead atoms. The van der Waals surface area contributed by atoms with Crippen LogP contribution in [0.3, 0.4) is 0 Å². The molecule has 0 spiro atoms. The molecule has 0 aliphatic carbocycles. The van der Waals surface area contributed by atoms with Gasteiger partial charge in [-0.15, -0.1) is 0 Å². The molecule has 0 aliphatic heterocycles. The maximum absolute atomic E-state index is 12.9. The lowest BCUT2D eigenvalue weighted by Crippen LogP contribution is -2.08. The van der Waals surface area contributed by atoms with Crippen molar-refractivity contribution < 1.29 is 9.50 Å². The summed E-state index contributed by atoms with van der Waals surface area (Å²) in [6, 6.07) is 12.7. The van der Waals surface area contributed by atoms with Crippen LogP contribution in [-0.2, 0) is 6.42 Å². The number of aliphatic hydroxyl groups excluding tert-OH is 1. The van der Waals surface area contributed by atoms with E-state index >= 15 is 0 Å². The molecule has 2 heteroatoms. The van der Waals surface area contributed by atoms with Crippen LogP contribution in [0, 0.1) is 19.7 Å². The molecule has 0 radical (unpaired) electrons. The highest BCUT2D eigenvalue weighted by molar-refractivity contribution is 5.32. The molecule has 1 atom stereocenters. The van der Waals surface area contributed by atoms with Gasteiger partial charge in [-0.2, -0.15) is 0 Å². The van der Waals surface area contributed by atoms with Gasteiger partial charge >= 0.3 is 0 Å². The summed E-state index contributed by atoms with van der Waals surface area (Å²) in [6.07, 6.45) is 0.767. The third-order valence-corrected chi connectivity index (χ3v) is 3.62. The Hall–Kier alpha value is -1.67. The Morgan fingerprint density at radius 2 is 1.68 bits per heavy atom. The first-order chi connectivity index (χ1) is 9.10. The van der Waals surface area contributed by atoms with E-state index in [0.717, 1.165) is 12.0 Å². The van der Waals surface area contributed by atoms with Gasteiger partial charge in [-0.3, -0.25) is 0 Å². The van der Waals surface area contributed by atoms with Crippen molar-refractivity contribution in [2.24, 2.45) is 0 Å². The lowest BCUT2D eigenvalue weighted by Gasteiger charge is -2.15. The molecule has 19 heavy (non-hydrogen) atoms. The Balaban J connectivity index is 2.18. The number of aliphatic hydroxyl groups is 1. The maximum Gasteiger partial charge on any atom is 0.123 e. The van der Waals surface area contributed by atoms with Gasteiger partial charge < -0.3 is 5.11 Å². The van der Waals surface area contributed by atoms with Gasteiger partial charge in [0, 0.05) is 5.92 Å². The summed E-state index contributed by atoms with van der Waals surface area (Å²) in [5.74, 6) is -0.227. The second-order valence-electron chi connectivity index (χ2n) is 5.05. The molecule has 0 fully saturated rings. The third-order valence-electron chi connectivity index (χ3n) is 3.62. The zero-order valence-electron chi connectivity index (χ0n) is 11.4. The topological polar surface area (TPSA) is 20.2 Å². The highest BCUT2D eigenvalue weighted by Gasteiger charge is 2.12. The molecule has 0 aromatic heterocycles. The van der Waals surface area contributed by atoms with Gasteiger partial charge in [0.2, 0.25) is 0 Å². The molecule has 0 aliphatic rings. The van der Waals surface area contributed by atoms with Crippen LogP contribution in [0.15, 0.2) is 42.5 Å². The van der Waals surface area contributed by atoms with E-state index in [0.29, 0.717) is 0 Å². The van der Waals surface area contributed by atoms with Crippen LogP contribution >= 0.6 is 0 Å². The largest absolute Gasteiger partial charge is 0.396 e. The normalized spacial score (nSPS) is 12.4. The van der Waals surface area contributed by atoms with Crippen LogP contribution < -0.4 is 0 Å². The highest BCUT2D eigenvalue weighted by Crippen LogP contribution is 2.22. The summed E-state index contributed by atoms with van der Waals surface area (Å²) in [5.41, 5.74) is 4.70. The summed E-state index contributed by atoms with van der Waals surface area (Å²) in [6.45, 7) is 4.24. The number of hydrogen-bond acceptors (Lipinski definition) is 1. The van der Waals surface area contributed by atoms with Gasteiger partial charge in [0.05, 0.1) is 6.61 Å². The quantitative estimate of drug-likeness (QED) is 0.885. The molecule has 0 heterocycles. The van der Waals surface area contributed by atoms with Crippen molar-refractivity contribution in [2.45, 2.75) is 26.2 Å².